The predicted molar refractivity (Wildman–Crippen MR) is 80.4 cm³/mol. The maximum atomic E-state index is 9.20. The number of aromatic nitrogens is 1. The van der Waals surface area contributed by atoms with E-state index >= 15 is 0 Å². The van der Waals surface area contributed by atoms with Gasteiger partial charge in [-0.05, 0) is 36.6 Å². The molecule has 20 heavy (non-hydrogen) atoms. The van der Waals surface area contributed by atoms with Gasteiger partial charge in [-0.15, -0.1) is 0 Å². The number of pyridine rings is 1. The summed E-state index contributed by atoms with van der Waals surface area (Å²) in [5, 5.41) is 10.2. The van der Waals surface area contributed by atoms with Crippen LogP contribution in [0.4, 0.5) is 5.69 Å². The van der Waals surface area contributed by atoms with E-state index in [1.807, 2.05) is 24.3 Å². The van der Waals surface area contributed by atoms with E-state index in [0.717, 1.165) is 36.1 Å². The van der Waals surface area contributed by atoms with Crippen LogP contribution in [-0.2, 0) is 0 Å². The minimum absolute atomic E-state index is 0.209. The summed E-state index contributed by atoms with van der Waals surface area (Å²) in [6.45, 7) is 4.10. The van der Waals surface area contributed by atoms with Crippen LogP contribution >= 0.6 is 0 Å². The zero-order valence-corrected chi connectivity index (χ0v) is 11.6. The second-order valence-electron chi connectivity index (χ2n) is 5.65. The number of piperidine rings is 1. The number of anilines is 1. The van der Waals surface area contributed by atoms with Crippen LogP contribution in [0.5, 0.6) is 0 Å². The summed E-state index contributed by atoms with van der Waals surface area (Å²) in [5.41, 5.74) is 8.68. The summed E-state index contributed by atoms with van der Waals surface area (Å²) in [4.78, 5) is 6.69. The van der Waals surface area contributed by atoms with E-state index in [1.54, 1.807) is 6.20 Å². The monoisotopic (exact) mass is 266 g/mol. The van der Waals surface area contributed by atoms with Crippen LogP contribution < -0.4 is 10.6 Å². The molecular weight excluding hydrogens is 248 g/mol. The fraction of sp³-hybridized carbons (Fsp3) is 0.375. The van der Waals surface area contributed by atoms with Gasteiger partial charge in [-0.25, -0.2) is 0 Å². The van der Waals surface area contributed by atoms with Crippen molar-refractivity contribution in [3.8, 4) is 6.07 Å². The molecule has 2 N–H and O–H groups in total. The second kappa shape index (κ2) is 5.10. The minimum Gasteiger partial charge on any atom is -0.369 e. The normalized spacial score (nSPS) is 22.8. The van der Waals surface area contributed by atoms with Crippen LogP contribution in [0.3, 0.4) is 0 Å². The lowest BCUT2D eigenvalue weighted by Crippen LogP contribution is -2.46. The lowest BCUT2D eigenvalue weighted by molar-refractivity contribution is 0.402. The van der Waals surface area contributed by atoms with Crippen molar-refractivity contribution in [3.63, 3.8) is 0 Å². The van der Waals surface area contributed by atoms with Crippen LogP contribution in [0, 0.1) is 17.2 Å². The van der Waals surface area contributed by atoms with Crippen LogP contribution in [0.2, 0.25) is 0 Å². The first-order valence-corrected chi connectivity index (χ1v) is 6.97. The molecule has 2 aromatic rings. The van der Waals surface area contributed by atoms with Gasteiger partial charge in [0.05, 0.1) is 11.1 Å². The second-order valence-corrected chi connectivity index (χ2v) is 5.65. The molecule has 102 valence electrons. The first kappa shape index (κ1) is 12.9. The van der Waals surface area contributed by atoms with Gasteiger partial charge in [0.25, 0.3) is 0 Å². The van der Waals surface area contributed by atoms with Crippen molar-refractivity contribution in [2.75, 3.05) is 18.0 Å². The van der Waals surface area contributed by atoms with Crippen molar-refractivity contribution >= 4 is 16.6 Å². The largest absolute Gasteiger partial charge is 0.369 e. The Morgan fingerprint density at radius 3 is 2.95 bits per heavy atom. The average Bonchev–Trinajstić information content (AvgIpc) is 2.45. The van der Waals surface area contributed by atoms with E-state index in [0.29, 0.717) is 11.5 Å². The summed E-state index contributed by atoms with van der Waals surface area (Å²) >= 11 is 0. The Morgan fingerprint density at radius 2 is 2.20 bits per heavy atom. The Kier molecular flexibility index (Phi) is 3.29. The van der Waals surface area contributed by atoms with Gasteiger partial charge in [0.1, 0.15) is 6.07 Å². The fourth-order valence-electron chi connectivity index (χ4n) is 3.12. The molecule has 1 saturated heterocycles. The highest BCUT2D eigenvalue weighted by atomic mass is 15.2. The van der Waals surface area contributed by atoms with E-state index in [-0.39, 0.29) is 6.04 Å². The molecule has 1 fully saturated rings. The van der Waals surface area contributed by atoms with Gasteiger partial charge in [-0.3, -0.25) is 4.98 Å². The van der Waals surface area contributed by atoms with E-state index in [1.165, 1.54) is 0 Å². The Hall–Kier alpha value is -2.12. The lowest BCUT2D eigenvalue weighted by Gasteiger charge is -2.37. The Morgan fingerprint density at radius 1 is 1.35 bits per heavy atom. The smallest absolute Gasteiger partial charge is 0.101 e. The Balaban J connectivity index is 2.11. The van der Waals surface area contributed by atoms with Gasteiger partial charge < -0.3 is 10.6 Å². The maximum absolute atomic E-state index is 9.20. The molecule has 1 aliphatic heterocycles. The standard InChI is InChI=1S/C16H18N4/c1-11-7-13(18)10-20(9-11)15-5-4-12(8-17)16-14(15)3-2-6-19-16/h2-6,11,13H,7,9-10,18H2,1H3/t11-,13?/m0/s1. The van der Waals surface area contributed by atoms with Gasteiger partial charge in [0, 0.05) is 36.4 Å². The third-order valence-electron chi connectivity index (χ3n) is 3.90. The molecule has 0 spiro atoms. The molecular formula is C16H18N4. The molecule has 1 aromatic carbocycles. The Labute approximate surface area is 118 Å². The molecule has 1 unspecified atom stereocenters. The fourth-order valence-corrected chi connectivity index (χ4v) is 3.12. The number of nitriles is 1. The molecule has 4 heteroatoms. The van der Waals surface area contributed by atoms with Crippen molar-refractivity contribution in [2.45, 2.75) is 19.4 Å². The minimum atomic E-state index is 0.209. The molecule has 3 rings (SSSR count). The summed E-state index contributed by atoms with van der Waals surface area (Å²) in [5.74, 6) is 0.584. The van der Waals surface area contributed by atoms with Gasteiger partial charge in [-0.2, -0.15) is 5.26 Å². The first-order valence-electron chi connectivity index (χ1n) is 6.97. The summed E-state index contributed by atoms with van der Waals surface area (Å²) in [6.07, 6.45) is 2.81. The van der Waals surface area contributed by atoms with Gasteiger partial charge >= 0.3 is 0 Å². The highest BCUT2D eigenvalue weighted by Crippen LogP contribution is 2.30. The topological polar surface area (TPSA) is 65.9 Å². The van der Waals surface area contributed by atoms with Crippen LogP contribution in [-0.4, -0.2) is 24.1 Å². The van der Waals surface area contributed by atoms with Gasteiger partial charge in [0.15, 0.2) is 0 Å². The van der Waals surface area contributed by atoms with E-state index in [9.17, 15) is 5.26 Å². The summed E-state index contributed by atoms with van der Waals surface area (Å²) in [6, 6.07) is 10.2. The number of nitrogens with zero attached hydrogens (tertiary/aromatic N) is 3. The molecule has 4 nitrogen and oxygen atoms in total. The van der Waals surface area contributed by atoms with E-state index in [2.05, 4.69) is 22.9 Å². The zero-order valence-electron chi connectivity index (χ0n) is 11.6. The molecule has 2 heterocycles. The highest BCUT2D eigenvalue weighted by Gasteiger charge is 2.23. The van der Waals surface area contributed by atoms with Crippen LogP contribution in [0.15, 0.2) is 30.5 Å². The van der Waals surface area contributed by atoms with Crippen LogP contribution in [0.1, 0.15) is 18.9 Å². The van der Waals surface area contributed by atoms with Crippen LogP contribution in [0.25, 0.3) is 10.9 Å². The zero-order chi connectivity index (χ0) is 14.1. The molecule has 1 aliphatic rings. The lowest BCUT2D eigenvalue weighted by atomic mass is 9.95. The molecule has 1 aromatic heterocycles. The van der Waals surface area contributed by atoms with Crippen molar-refractivity contribution < 1.29 is 0 Å². The Bertz CT molecular complexity index is 664. The number of hydrogen-bond acceptors (Lipinski definition) is 4. The van der Waals surface area contributed by atoms with E-state index in [4.69, 9.17) is 5.73 Å². The van der Waals surface area contributed by atoms with Crippen molar-refractivity contribution in [1.29, 1.82) is 5.26 Å². The number of benzene rings is 1. The summed E-state index contributed by atoms with van der Waals surface area (Å²) in [7, 11) is 0. The van der Waals surface area contributed by atoms with Crippen molar-refractivity contribution in [2.24, 2.45) is 11.7 Å². The molecule has 0 radical (unpaired) electrons. The molecule has 0 bridgehead atoms. The first-order chi connectivity index (χ1) is 9.69. The van der Waals surface area contributed by atoms with Crippen molar-refractivity contribution in [1.82, 2.24) is 4.98 Å². The van der Waals surface area contributed by atoms with Crippen molar-refractivity contribution in [3.05, 3.63) is 36.0 Å². The molecule has 0 aliphatic carbocycles. The van der Waals surface area contributed by atoms with E-state index < -0.39 is 0 Å². The molecule has 2 atom stereocenters. The third kappa shape index (κ3) is 2.21. The molecule has 0 saturated carbocycles. The maximum Gasteiger partial charge on any atom is 0.101 e. The van der Waals surface area contributed by atoms with Gasteiger partial charge in [-0.1, -0.05) is 6.92 Å². The number of fused-ring (bicyclic) bond motifs is 1. The number of nitrogens with two attached hydrogens (primary N) is 1. The predicted octanol–water partition coefficient (Wildman–Crippen LogP) is 2.28. The SMILES string of the molecule is C[C@H]1CC(N)CN(c2ccc(C#N)c3ncccc23)C1. The number of hydrogen-bond donors (Lipinski definition) is 1. The van der Waals surface area contributed by atoms with Gasteiger partial charge in [0.2, 0.25) is 0 Å². The quantitative estimate of drug-likeness (QED) is 0.860. The molecule has 0 amide bonds. The average molecular weight is 266 g/mol. The summed E-state index contributed by atoms with van der Waals surface area (Å²) < 4.78 is 0. The highest BCUT2D eigenvalue weighted by molar-refractivity contribution is 5.95. The number of rotatable bonds is 1. The third-order valence-corrected chi connectivity index (χ3v) is 3.90.